The van der Waals surface area contributed by atoms with Gasteiger partial charge in [0.05, 0.1) is 7.57 Å². The molecule has 0 aliphatic carbocycles. The summed E-state index contributed by atoms with van der Waals surface area (Å²) in [5.41, 5.74) is 2.93. The molecule has 0 fully saturated rings. The second kappa shape index (κ2) is 26.0. The first-order chi connectivity index (χ1) is 18.5. The third-order valence-electron chi connectivity index (χ3n) is 7.12. The molecule has 2 rings (SSSR count). The van der Waals surface area contributed by atoms with Crippen LogP contribution in [0.4, 0.5) is 0 Å². The van der Waals surface area contributed by atoms with Crippen molar-refractivity contribution >= 4 is 86.4 Å². The van der Waals surface area contributed by atoms with E-state index in [1.807, 2.05) is 0 Å². The zero-order valence-electron chi connectivity index (χ0n) is 24.0. The van der Waals surface area contributed by atoms with E-state index in [1.165, 1.54) is 169 Å². The van der Waals surface area contributed by atoms with Gasteiger partial charge in [0.1, 0.15) is 0 Å². The van der Waals surface area contributed by atoms with Crippen LogP contribution >= 0.6 is 86.4 Å². The molecule has 0 unspecified atom stereocenters. The van der Waals surface area contributed by atoms with Crippen LogP contribution in [-0.4, -0.2) is 0 Å². The largest absolute Gasteiger partial charge is 0.151 e. The van der Waals surface area contributed by atoms with Gasteiger partial charge in [0.15, 0.2) is 0 Å². The molecule has 6 heteroatoms. The monoisotopic (exact) mass is 816 g/mol. The Morgan fingerprint density at radius 3 is 1.29 bits per heavy atom. The van der Waals surface area contributed by atoms with Crippen molar-refractivity contribution in [3.63, 3.8) is 0 Å². The number of hydrogen-bond acceptors (Lipinski definition) is 2. The van der Waals surface area contributed by atoms with Gasteiger partial charge in [0.25, 0.3) is 0 Å². The molecule has 0 N–H and O–H groups in total. The van der Waals surface area contributed by atoms with Gasteiger partial charge in [0, 0.05) is 14.3 Å². The van der Waals surface area contributed by atoms with E-state index in [0.717, 1.165) is 0 Å². The molecule has 2 heterocycles. The first kappa shape index (κ1) is 37.3. The van der Waals surface area contributed by atoms with Crippen LogP contribution in [-0.2, 0) is 12.8 Å². The second-order valence-electron chi connectivity index (χ2n) is 10.6. The molecule has 2 aromatic rings. The van der Waals surface area contributed by atoms with Crippen LogP contribution in [0.2, 0.25) is 0 Å². The Morgan fingerprint density at radius 1 is 0.500 bits per heavy atom. The van der Waals surface area contributed by atoms with E-state index in [0.29, 0.717) is 0 Å². The van der Waals surface area contributed by atoms with Crippen LogP contribution in [0.3, 0.4) is 0 Å². The van der Waals surface area contributed by atoms with Gasteiger partial charge in [-0.1, -0.05) is 129 Å². The molecule has 0 nitrogen and oxygen atoms in total. The molecule has 0 saturated heterocycles. The van der Waals surface area contributed by atoms with E-state index in [1.54, 1.807) is 22.7 Å². The summed E-state index contributed by atoms with van der Waals surface area (Å²) in [5.74, 6) is 0. The van der Waals surface area contributed by atoms with Crippen LogP contribution < -0.4 is 0 Å². The third kappa shape index (κ3) is 18.7. The smallest absolute Gasteiger partial charge is 0.0855 e. The maximum absolute atomic E-state index is 3.66. The minimum absolute atomic E-state index is 1.18. The Balaban J connectivity index is 0.000000382. The van der Waals surface area contributed by atoms with Crippen molar-refractivity contribution in [2.45, 2.75) is 155 Å². The number of halogens is 4. The Bertz CT molecular complexity index is 799. The summed E-state index contributed by atoms with van der Waals surface area (Å²) in [5, 5.41) is 4.46. The van der Waals surface area contributed by atoms with Crippen molar-refractivity contribution in [2.75, 3.05) is 0 Å². The summed E-state index contributed by atoms with van der Waals surface area (Å²) in [6, 6.07) is 0. The Kier molecular flexibility index (Phi) is 25.5. The molecular weight excluding hydrogens is 768 g/mol. The molecule has 0 spiro atoms. The van der Waals surface area contributed by atoms with Gasteiger partial charge in [-0.3, -0.25) is 0 Å². The van der Waals surface area contributed by atoms with Crippen LogP contribution in [0.1, 0.15) is 153 Å². The first-order valence-electron chi connectivity index (χ1n) is 15.3. The molecular formula is C32H52Br4S2. The summed E-state index contributed by atoms with van der Waals surface area (Å²) >= 11 is 18.1. The quantitative estimate of drug-likeness (QED) is 0.104. The zero-order chi connectivity index (χ0) is 27.8. The third-order valence-corrected chi connectivity index (χ3v) is 13.3. The molecule has 0 bridgehead atoms. The van der Waals surface area contributed by atoms with Gasteiger partial charge in [-0.15, -0.1) is 11.3 Å². The highest BCUT2D eigenvalue weighted by Crippen LogP contribution is 2.41. The molecule has 0 radical (unpaired) electrons. The second-order valence-corrected chi connectivity index (χ2v) is 16.6. The van der Waals surface area contributed by atoms with Gasteiger partial charge in [-0.25, -0.2) is 0 Å². The molecule has 0 aliphatic heterocycles. The van der Waals surface area contributed by atoms with E-state index >= 15 is 0 Å². The molecule has 0 aliphatic rings. The number of aryl methyl sites for hydroxylation is 1. The van der Waals surface area contributed by atoms with Gasteiger partial charge in [0.2, 0.25) is 0 Å². The van der Waals surface area contributed by atoms with Gasteiger partial charge >= 0.3 is 0 Å². The van der Waals surface area contributed by atoms with E-state index in [2.05, 4.69) is 88.3 Å². The van der Waals surface area contributed by atoms with Crippen LogP contribution in [0, 0.1) is 0 Å². The maximum Gasteiger partial charge on any atom is 0.0855 e. The molecule has 2 aromatic heterocycles. The average Bonchev–Trinajstić information content (AvgIpc) is 3.42. The topological polar surface area (TPSA) is 0 Å². The zero-order valence-corrected chi connectivity index (χ0v) is 32.0. The van der Waals surface area contributed by atoms with Crippen molar-refractivity contribution in [1.82, 2.24) is 0 Å². The summed E-state index contributed by atoms with van der Waals surface area (Å²) in [6.07, 6.45) is 30.6. The highest BCUT2D eigenvalue weighted by molar-refractivity contribution is 9.14. The lowest BCUT2D eigenvalue weighted by molar-refractivity contribution is 0.556. The lowest BCUT2D eigenvalue weighted by Gasteiger charge is -2.03. The Labute approximate surface area is 277 Å². The number of rotatable bonds is 22. The fourth-order valence-electron chi connectivity index (χ4n) is 4.68. The maximum atomic E-state index is 3.66. The molecule has 38 heavy (non-hydrogen) atoms. The van der Waals surface area contributed by atoms with Gasteiger partial charge in [-0.2, -0.15) is 11.3 Å². The minimum atomic E-state index is 1.18. The fraction of sp³-hybridized carbons (Fsp3) is 0.750. The molecule has 0 amide bonds. The standard InChI is InChI=1S/C16H25Br3S.C16H27BrS/c1-2-3-4-5-6-7-8-9-10-11-12-13-14(17)16(19)20-15(13)18;1-2-3-4-5-6-7-8-9-10-11-12-15-13-18-14-16(15)17/h2-12H2,1H3;13-14H,2-12H2,1H3. The normalized spacial score (nSPS) is 11.1. The lowest BCUT2D eigenvalue weighted by atomic mass is 10.0. The summed E-state index contributed by atoms with van der Waals surface area (Å²) in [6.45, 7) is 4.56. The van der Waals surface area contributed by atoms with Crippen LogP contribution in [0.25, 0.3) is 0 Å². The van der Waals surface area contributed by atoms with Crippen molar-refractivity contribution in [2.24, 2.45) is 0 Å². The van der Waals surface area contributed by atoms with E-state index in [-0.39, 0.29) is 0 Å². The van der Waals surface area contributed by atoms with E-state index < -0.39 is 0 Å². The van der Waals surface area contributed by atoms with Crippen molar-refractivity contribution < 1.29 is 0 Å². The predicted molar refractivity (Wildman–Crippen MR) is 191 cm³/mol. The summed E-state index contributed by atoms with van der Waals surface area (Å²) in [4.78, 5) is 0. The highest BCUT2D eigenvalue weighted by atomic mass is 79.9. The lowest BCUT2D eigenvalue weighted by Crippen LogP contribution is -1.86. The predicted octanol–water partition coefficient (Wildman–Crippen LogP) is 15.5. The summed E-state index contributed by atoms with van der Waals surface area (Å²) < 4.78 is 5.02. The van der Waals surface area contributed by atoms with Crippen molar-refractivity contribution in [3.05, 3.63) is 38.4 Å². The number of unbranched alkanes of at least 4 members (excludes halogenated alkanes) is 18. The fourth-order valence-corrected chi connectivity index (χ4v) is 10.2. The number of thiophene rings is 2. The Morgan fingerprint density at radius 2 is 0.921 bits per heavy atom. The van der Waals surface area contributed by atoms with E-state index in [9.17, 15) is 0 Å². The minimum Gasteiger partial charge on any atom is -0.151 e. The van der Waals surface area contributed by atoms with Crippen LogP contribution in [0.5, 0.6) is 0 Å². The first-order valence-corrected chi connectivity index (χ1v) is 20.3. The summed E-state index contributed by atoms with van der Waals surface area (Å²) in [7, 11) is 0. The van der Waals surface area contributed by atoms with Gasteiger partial charge in [-0.05, 0) is 106 Å². The van der Waals surface area contributed by atoms with Crippen molar-refractivity contribution in [1.29, 1.82) is 0 Å². The van der Waals surface area contributed by atoms with Crippen LogP contribution in [0.15, 0.2) is 27.3 Å². The van der Waals surface area contributed by atoms with Gasteiger partial charge < -0.3 is 0 Å². The van der Waals surface area contributed by atoms with E-state index in [4.69, 9.17) is 0 Å². The average molecular weight is 821 g/mol. The Hall–Kier alpha value is 1.32. The molecule has 220 valence electrons. The molecule has 0 atom stereocenters. The SMILES string of the molecule is CCCCCCCCCCCCc1c(Br)sc(Br)c1Br.CCCCCCCCCCCCc1cscc1Br. The number of hydrogen-bond donors (Lipinski definition) is 0. The highest BCUT2D eigenvalue weighted by Gasteiger charge is 2.12. The molecule has 0 aromatic carbocycles. The van der Waals surface area contributed by atoms with Crippen molar-refractivity contribution in [3.8, 4) is 0 Å². The molecule has 0 saturated carbocycles.